The van der Waals surface area contributed by atoms with Crippen LogP contribution >= 0.6 is 0 Å². The molecule has 2 aromatic rings. The van der Waals surface area contributed by atoms with Crippen LogP contribution in [0, 0.1) is 0 Å². The number of anilines is 1. The second-order valence-electron chi connectivity index (χ2n) is 5.81. The summed E-state index contributed by atoms with van der Waals surface area (Å²) in [4.78, 5) is 23.6. The van der Waals surface area contributed by atoms with Crippen LogP contribution < -0.4 is 10.0 Å². The first-order chi connectivity index (χ1) is 12.9. The van der Waals surface area contributed by atoms with Gasteiger partial charge in [0.05, 0.1) is 17.6 Å². The molecule has 0 radical (unpaired) electrons. The average molecular weight is 390 g/mol. The summed E-state index contributed by atoms with van der Waals surface area (Å²) in [6.07, 6.45) is 1.85. The zero-order valence-corrected chi connectivity index (χ0v) is 16.0. The van der Waals surface area contributed by atoms with Crippen molar-refractivity contribution in [2.24, 2.45) is 0 Å². The van der Waals surface area contributed by atoms with Crippen LogP contribution in [0.25, 0.3) is 0 Å². The van der Waals surface area contributed by atoms with Crippen molar-refractivity contribution in [2.45, 2.75) is 24.7 Å². The van der Waals surface area contributed by atoms with Crippen molar-refractivity contribution < 1.29 is 22.7 Å². The van der Waals surface area contributed by atoms with Gasteiger partial charge in [0.2, 0.25) is 0 Å². The average Bonchev–Trinajstić information content (AvgIpc) is 2.67. The highest BCUT2D eigenvalue weighted by molar-refractivity contribution is 7.92. The number of methoxy groups -OCH3 is 1. The minimum absolute atomic E-state index is 0.0103. The van der Waals surface area contributed by atoms with Crippen molar-refractivity contribution in [3.8, 4) is 0 Å². The van der Waals surface area contributed by atoms with Gasteiger partial charge in [-0.3, -0.25) is 9.52 Å². The van der Waals surface area contributed by atoms with E-state index in [1.54, 1.807) is 6.07 Å². The predicted molar refractivity (Wildman–Crippen MR) is 102 cm³/mol. The molecular formula is C19H22N2O5S. The molecule has 7 nitrogen and oxygen atoms in total. The van der Waals surface area contributed by atoms with Crippen LogP contribution in [0.15, 0.2) is 53.4 Å². The van der Waals surface area contributed by atoms with E-state index < -0.39 is 16.0 Å². The summed E-state index contributed by atoms with van der Waals surface area (Å²) in [6.45, 7) is 2.60. The summed E-state index contributed by atoms with van der Waals surface area (Å²) >= 11 is 0. The van der Waals surface area contributed by atoms with Gasteiger partial charge in [0, 0.05) is 17.8 Å². The van der Waals surface area contributed by atoms with Gasteiger partial charge in [0.25, 0.3) is 15.9 Å². The minimum Gasteiger partial charge on any atom is -0.465 e. The number of hydrogen-bond donors (Lipinski definition) is 2. The third kappa shape index (κ3) is 5.55. The van der Waals surface area contributed by atoms with E-state index in [2.05, 4.69) is 14.8 Å². The van der Waals surface area contributed by atoms with Crippen molar-refractivity contribution in [3.63, 3.8) is 0 Å². The molecule has 0 aliphatic rings. The van der Waals surface area contributed by atoms with Gasteiger partial charge in [-0.2, -0.15) is 0 Å². The summed E-state index contributed by atoms with van der Waals surface area (Å²) in [6, 6.07) is 11.6. The Morgan fingerprint density at radius 2 is 1.74 bits per heavy atom. The van der Waals surface area contributed by atoms with E-state index in [9.17, 15) is 18.0 Å². The molecule has 0 unspecified atom stereocenters. The third-order valence-electron chi connectivity index (χ3n) is 3.78. The number of sulfonamides is 1. The number of amides is 1. The molecule has 2 N–H and O–H groups in total. The number of nitrogens with one attached hydrogen (secondary N) is 2. The van der Waals surface area contributed by atoms with Crippen LogP contribution in [0.1, 0.15) is 40.5 Å². The van der Waals surface area contributed by atoms with Gasteiger partial charge in [0.15, 0.2) is 0 Å². The fourth-order valence-corrected chi connectivity index (χ4v) is 3.36. The molecule has 27 heavy (non-hydrogen) atoms. The molecule has 0 aliphatic carbocycles. The van der Waals surface area contributed by atoms with Crippen molar-refractivity contribution in [1.29, 1.82) is 0 Å². The van der Waals surface area contributed by atoms with Crippen molar-refractivity contribution in [1.82, 2.24) is 5.32 Å². The van der Waals surface area contributed by atoms with Crippen LogP contribution in [0.3, 0.4) is 0 Å². The Morgan fingerprint density at radius 3 is 2.37 bits per heavy atom. The van der Waals surface area contributed by atoms with Gasteiger partial charge < -0.3 is 10.1 Å². The molecule has 8 heteroatoms. The summed E-state index contributed by atoms with van der Waals surface area (Å²) in [7, 11) is -2.61. The van der Waals surface area contributed by atoms with Gasteiger partial charge in [-0.25, -0.2) is 13.2 Å². The van der Waals surface area contributed by atoms with Gasteiger partial charge in [-0.05, 0) is 48.9 Å². The first kappa shape index (κ1) is 20.4. The quantitative estimate of drug-likeness (QED) is 0.533. The molecule has 0 aromatic heterocycles. The maximum absolute atomic E-state index is 12.5. The van der Waals surface area contributed by atoms with E-state index in [1.807, 2.05) is 6.92 Å². The number of benzene rings is 2. The van der Waals surface area contributed by atoms with E-state index in [-0.39, 0.29) is 22.1 Å². The first-order valence-corrected chi connectivity index (χ1v) is 9.95. The number of carbonyl (C=O) groups is 2. The van der Waals surface area contributed by atoms with Gasteiger partial charge in [0.1, 0.15) is 0 Å². The van der Waals surface area contributed by atoms with Crippen LogP contribution in [-0.4, -0.2) is 33.9 Å². The standard InChI is InChI=1S/C19H22N2O5S/c1-3-4-12-20-18(22)14-8-10-17(11-9-14)27(24,25)21-16-7-5-6-15(13-16)19(23)26-2/h5-11,13,21H,3-4,12H2,1-2H3,(H,20,22). The fraction of sp³-hybridized carbons (Fsp3) is 0.263. The van der Waals surface area contributed by atoms with Crippen molar-refractivity contribution in [2.75, 3.05) is 18.4 Å². The van der Waals surface area contributed by atoms with Crippen LogP contribution in [0.5, 0.6) is 0 Å². The van der Waals surface area contributed by atoms with Crippen molar-refractivity contribution in [3.05, 3.63) is 59.7 Å². The van der Waals surface area contributed by atoms with E-state index in [0.29, 0.717) is 12.1 Å². The maximum Gasteiger partial charge on any atom is 0.337 e. The fourth-order valence-electron chi connectivity index (χ4n) is 2.31. The predicted octanol–water partition coefficient (Wildman–Crippen LogP) is 2.80. The van der Waals surface area contributed by atoms with Crippen LogP contribution in [0.4, 0.5) is 5.69 Å². The van der Waals surface area contributed by atoms with Gasteiger partial charge in [-0.1, -0.05) is 19.4 Å². The minimum atomic E-state index is -3.86. The Bertz CT molecular complexity index is 908. The Balaban J connectivity index is 2.13. The first-order valence-electron chi connectivity index (χ1n) is 8.47. The summed E-state index contributed by atoms with van der Waals surface area (Å²) in [5.41, 5.74) is 0.855. The highest BCUT2D eigenvalue weighted by Gasteiger charge is 2.16. The smallest absolute Gasteiger partial charge is 0.337 e. The topological polar surface area (TPSA) is 102 Å². The van der Waals surface area contributed by atoms with Crippen LogP contribution in [0.2, 0.25) is 0 Å². The molecule has 1 amide bonds. The lowest BCUT2D eigenvalue weighted by atomic mass is 10.2. The summed E-state index contributed by atoms with van der Waals surface area (Å²) in [5, 5.41) is 2.77. The SMILES string of the molecule is CCCCNC(=O)c1ccc(S(=O)(=O)Nc2cccc(C(=O)OC)c2)cc1. The van der Waals surface area contributed by atoms with E-state index in [4.69, 9.17) is 0 Å². The van der Waals surface area contributed by atoms with E-state index >= 15 is 0 Å². The molecule has 2 rings (SSSR count). The highest BCUT2D eigenvalue weighted by Crippen LogP contribution is 2.18. The molecule has 0 spiro atoms. The second kappa shape index (κ2) is 9.18. The second-order valence-corrected chi connectivity index (χ2v) is 7.49. The third-order valence-corrected chi connectivity index (χ3v) is 5.18. The molecule has 0 saturated carbocycles. The monoisotopic (exact) mass is 390 g/mol. The van der Waals surface area contributed by atoms with Crippen LogP contribution in [-0.2, 0) is 14.8 Å². The molecule has 0 aliphatic heterocycles. The summed E-state index contributed by atoms with van der Waals surface area (Å²) in [5.74, 6) is -0.805. The molecule has 0 atom stereocenters. The molecule has 2 aromatic carbocycles. The lowest BCUT2D eigenvalue weighted by molar-refractivity contribution is 0.0600. The highest BCUT2D eigenvalue weighted by atomic mass is 32.2. The number of rotatable bonds is 8. The molecule has 0 fully saturated rings. The Hall–Kier alpha value is -2.87. The largest absolute Gasteiger partial charge is 0.465 e. The number of carbonyl (C=O) groups excluding carboxylic acids is 2. The number of ether oxygens (including phenoxy) is 1. The summed E-state index contributed by atoms with van der Waals surface area (Å²) < 4.78 is 32.1. The zero-order chi connectivity index (χ0) is 19.9. The Labute approximate surface area is 158 Å². The van der Waals surface area contributed by atoms with E-state index in [0.717, 1.165) is 12.8 Å². The van der Waals surface area contributed by atoms with Gasteiger partial charge >= 0.3 is 5.97 Å². The molecule has 0 bridgehead atoms. The molecular weight excluding hydrogens is 368 g/mol. The van der Waals surface area contributed by atoms with E-state index in [1.165, 1.54) is 49.6 Å². The number of unbranched alkanes of at least 4 members (excludes halogenated alkanes) is 1. The number of hydrogen-bond acceptors (Lipinski definition) is 5. The lowest BCUT2D eigenvalue weighted by Crippen LogP contribution is -2.24. The maximum atomic E-state index is 12.5. The normalized spacial score (nSPS) is 10.9. The molecule has 144 valence electrons. The van der Waals surface area contributed by atoms with Gasteiger partial charge in [-0.15, -0.1) is 0 Å². The zero-order valence-electron chi connectivity index (χ0n) is 15.2. The lowest BCUT2D eigenvalue weighted by Gasteiger charge is -2.10. The Kier molecular flexibility index (Phi) is 6.95. The molecule has 0 heterocycles. The Morgan fingerprint density at radius 1 is 1.04 bits per heavy atom. The number of esters is 1. The van der Waals surface area contributed by atoms with Crippen molar-refractivity contribution >= 4 is 27.6 Å². The molecule has 0 saturated heterocycles.